The first-order valence-electron chi connectivity index (χ1n) is 10.8. The molecule has 162 valence electrons. The zero-order valence-electron chi connectivity index (χ0n) is 18.5. The van der Waals surface area contributed by atoms with Crippen molar-refractivity contribution >= 4 is 16.9 Å². The number of rotatable bonds is 4. The molecule has 1 saturated heterocycles. The number of aryl methyl sites for hydroxylation is 1. The molecule has 8 nitrogen and oxygen atoms in total. The number of benzene rings is 1. The van der Waals surface area contributed by atoms with Crippen LogP contribution < -0.4 is 10.6 Å². The Morgan fingerprint density at radius 3 is 2.50 bits per heavy atom. The Morgan fingerprint density at radius 2 is 1.84 bits per heavy atom. The van der Waals surface area contributed by atoms with Crippen molar-refractivity contribution in [1.82, 2.24) is 19.4 Å². The predicted octanol–water partition coefficient (Wildman–Crippen LogP) is 2.73. The van der Waals surface area contributed by atoms with E-state index in [1.807, 2.05) is 24.3 Å². The van der Waals surface area contributed by atoms with Crippen molar-refractivity contribution in [3.63, 3.8) is 0 Å². The molecule has 0 spiro atoms. The zero-order valence-corrected chi connectivity index (χ0v) is 18.5. The number of aromatic nitrogens is 3. The third kappa shape index (κ3) is 3.81. The van der Waals surface area contributed by atoms with Crippen LogP contribution in [0, 0.1) is 22.7 Å². The molecule has 3 heterocycles. The highest BCUT2D eigenvalue weighted by Crippen LogP contribution is 2.30. The van der Waals surface area contributed by atoms with Gasteiger partial charge in [-0.25, -0.2) is 9.78 Å². The minimum absolute atomic E-state index is 0.200. The summed E-state index contributed by atoms with van der Waals surface area (Å²) in [5.41, 5.74) is 3.05. The Kier molecular flexibility index (Phi) is 5.89. The Labute approximate surface area is 187 Å². The van der Waals surface area contributed by atoms with Crippen LogP contribution in [0.3, 0.4) is 0 Å². The molecule has 0 aliphatic carbocycles. The molecule has 1 aliphatic heterocycles. The van der Waals surface area contributed by atoms with E-state index in [9.17, 15) is 10.1 Å². The van der Waals surface area contributed by atoms with E-state index in [0.29, 0.717) is 41.2 Å². The van der Waals surface area contributed by atoms with Crippen LogP contribution in [0.4, 0.5) is 5.82 Å². The quantitative estimate of drug-likeness (QED) is 0.631. The van der Waals surface area contributed by atoms with Crippen molar-refractivity contribution in [2.75, 3.05) is 24.5 Å². The summed E-state index contributed by atoms with van der Waals surface area (Å²) in [6.45, 7) is 6.56. The van der Waals surface area contributed by atoms with Crippen LogP contribution in [0.25, 0.3) is 11.0 Å². The predicted molar refractivity (Wildman–Crippen MR) is 122 cm³/mol. The summed E-state index contributed by atoms with van der Waals surface area (Å²) < 4.78 is 1.47. The maximum Gasteiger partial charge on any atom is 0.349 e. The lowest BCUT2D eigenvalue weighted by molar-refractivity contribution is 0.124. The zero-order chi connectivity index (χ0) is 22.8. The van der Waals surface area contributed by atoms with Gasteiger partial charge in [-0.3, -0.25) is 9.47 Å². The van der Waals surface area contributed by atoms with Crippen molar-refractivity contribution in [2.24, 2.45) is 7.05 Å². The monoisotopic (exact) mass is 427 g/mol. The summed E-state index contributed by atoms with van der Waals surface area (Å²) >= 11 is 0. The molecule has 32 heavy (non-hydrogen) atoms. The number of hydrogen-bond donors (Lipinski definition) is 0. The minimum atomic E-state index is -0.333. The van der Waals surface area contributed by atoms with E-state index < -0.39 is 0 Å². The van der Waals surface area contributed by atoms with Crippen LogP contribution in [0.5, 0.6) is 0 Å². The Hall–Kier alpha value is -3.75. The lowest BCUT2D eigenvalue weighted by Crippen LogP contribution is -2.54. The molecule has 0 N–H and O–H groups in total. The Morgan fingerprint density at radius 1 is 1.09 bits per heavy atom. The van der Waals surface area contributed by atoms with Gasteiger partial charge in [-0.1, -0.05) is 19.1 Å². The van der Waals surface area contributed by atoms with Crippen molar-refractivity contribution in [3.8, 4) is 12.1 Å². The second-order valence-electron chi connectivity index (χ2n) is 8.11. The van der Waals surface area contributed by atoms with Gasteiger partial charge in [0.05, 0.1) is 17.1 Å². The van der Waals surface area contributed by atoms with Crippen molar-refractivity contribution in [1.29, 1.82) is 10.5 Å². The van der Waals surface area contributed by atoms with Crippen LogP contribution in [0.2, 0.25) is 0 Å². The molecule has 2 atom stereocenters. The van der Waals surface area contributed by atoms with Crippen LogP contribution in [-0.2, 0) is 7.05 Å². The van der Waals surface area contributed by atoms with E-state index in [-0.39, 0.29) is 17.8 Å². The number of pyridine rings is 1. The van der Waals surface area contributed by atoms with Crippen molar-refractivity contribution < 1.29 is 0 Å². The minimum Gasteiger partial charge on any atom is -0.352 e. The average molecular weight is 428 g/mol. The van der Waals surface area contributed by atoms with E-state index in [1.165, 1.54) is 10.1 Å². The fourth-order valence-electron chi connectivity index (χ4n) is 4.45. The standard InChI is InChI=1S/C24H25N7O/c1-4-20-15-30(11-12-31(20)16(2)18-7-5-17(13-25)6-8-18)23-22-21(29(3)24(32)28-23)10-9-19(14-26)27-22/h5-10,16,20H,4,11-12,15H2,1-3H3. The highest BCUT2D eigenvalue weighted by Gasteiger charge is 2.31. The summed E-state index contributed by atoms with van der Waals surface area (Å²) in [5.74, 6) is 0.546. The molecule has 2 aromatic heterocycles. The fraction of sp³-hybridized carbons (Fsp3) is 0.375. The maximum absolute atomic E-state index is 12.5. The first kappa shape index (κ1) is 21.5. The van der Waals surface area contributed by atoms with Gasteiger partial charge in [0.15, 0.2) is 5.82 Å². The lowest BCUT2D eigenvalue weighted by atomic mass is 10.0. The van der Waals surface area contributed by atoms with Gasteiger partial charge in [0, 0.05) is 38.8 Å². The SMILES string of the molecule is CCC1CN(c2nc(=O)n(C)c3ccc(C#N)nc23)CCN1C(C)c1ccc(C#N)cc1. The van der Waals surface area contributed by atoms with Gasteiger partial charge < -0.3 is 4.90 Å². The first-order chi connectivity index (χ1) is 15.5. The molecule has 1 aromatic carbocycles. The van der Waals surface area contributed by atoms with E-state index >= 15 is 0 Å². The molecule has 0 bridgehead atoms. The first-order valence-corrected chi connectivity index (χ1v) is 10.8. The molecular weight excluding hydrogens is 402 g/mol. The molecule has 8 heteroatoms. The number of anilines is 1. The third-order valence-electron chi connectivity index (χ3n) is 6.37. The highest BCUT2D eigenvalue weighted by atomic mass is 16.1. The van der Waals surface area contributed by atoms with Crippen LogP contribution in [0.1, 0.15) is 43.1 Å². The lowest BCUT2D eigenvalue weighted by Gasteiger charge is -2.44. The van der Waals surface area contributed by atoms with Crippen molar-refractivity contribution in [2.45, 2.75) is 32.4 Å². The van der Waals surface area contributed by atoms with E-state index in [0.717, 1.165) is 13.0 Å². The number of fused-ring (bicyclic) bond motifs is 1. The molecule has 0 radical (unpaired) electrons. The molecule has 0 saturated carbocycles. The molecule has 1 aliphatic rings. The number of hydrogen-bond acceptors (Lipinski definition) is 7. The molecule has 4 rings (SSSR count). The molecule has 1 fully saturated rings. The van der Waals surface area contributed by atoms with Gasteiger partial charge in [-0.2, -0.15) is 15.5 Å². The van der Waals surface area contributed by atoms with Gasteiger partial charge in [0.1, 0.15) is 17.3 Å². The average Bonchev–Trinajstić information content (AvgIpc) is 2.85. The Bertz CT molecular complexity index is 1280. The number of nitrogens with zero attached hydrogens (tertiary/aromatic N) is 7. The molecule has 3 aromatic rings. The normalized spacial score (nSPS) is 17.7. The summed E-state index contributed by atoms with van der Waals surface area (Å²) in [7, 11) is 1.67. The van der Waals surface area contributed by atoms with Crippen LogP contribution >= 0.6 is 0 Å². The smallest absolute Gasteiger partial charge is 0.349 e. The highest BCUT2D eigenvalue weighted by molar-refractivity contribution is 5.86. The second kappa shape index (κ2) is 8.78. The van der Waals surface area contributed by atoms with E-state index in [2.05, 4.69) is 45.8 Å². The van der Waals surface area contributed by atoms with Gasteiger partial charge in [0.2, 0.25) is 0 Å². The van der Waals surface area contributed by atoms with Crippen molar-refractivity contribution in [3.05, 3.63) is 63.7 Å². The molecule has 0 amide bonds. The van der Waals surface area contributed by atoms with Gasteiger partial charge in [-0.05, 0) is 43.2 Å². The van der Waals surface area contributed by atoms with Crippen LogP contribution in [0.15, 0.2) is 41.2 Å². The van der Waals surface area contributed by atoms with Crippen LogP contribution in [-0.4, -0.2) is 45.1 Å². The summed E-state index contributed by atoms with van der Waals surface area (Å²) in [6.07, 6.45) is 0.941. The topological polar surface area (TPSA) is 102 Å². The number of piperazine rings is 1. The van der Waals surface area contributed by atoms with E-state index in [4.69, 9.17) is 5.26 Å². The number of nitriles is 2. The van der Waals surface area contributed by atoms with Gasteiger partial charge in [-0.15, -0.1) is 0 Å². The largest absolute Gasteiger partial charge is 0.352 e. The van der Waals surface area contributed by atoms with E-state index in [1.54, 1.807) is 19.2 Å². The summed E-state index contributed by atoms with van der Waals surface area (Å²) in [6, 6.07) is 15.8. The fourth-order valence-corrected chi connectivity index (χ4v) is 4.45. The molecule has 2 unspecified atom stereocenters. The Balaban J connectivity index is 1.65. The summed E-state index contributed by atoms with van der Waals surface area (Å²) in [5, 5.41) is 18.4. The van der Waals surface area contributed by atoms with Gasteiger partial charge in [0.25, 0.3) is 0 Å². The van der Waals surface area contributed by atoms with Gasteiger partial charge >= 0.3 is 5.69 Å². The molecular formula is C24H25N7O. The maximum atomic E-state index is 12.5. The summed E-state index contributed by atoms with van der Waals surface area (Å²) in [4.78, 5) is 25.9. The third-order valence-corrected chi connectivity index (χ3v) is 6.37. The second-order valence-corrected chi connectivity index (χ2v) is 8.11.